The fourth-order valence-corrected chi connectivity index (χ4v) is 3.56. The van der Waals surface area contributed by atoms with Crippen molar-refractivity contribution in [2.45, 2.75) is 5.75 Å². The van der Waals surface area contributed by atoms with E-state index < -0.39 is 0 Å². The molecule has 70 valence electrons. The Morgan fingerprint density at radius 2 is 2.46 bits per heavy atom. The summed E-state index contributed by atoms with van der Waals surface area (Å²) < 4.78 is 5.60. The van der Waals surface area contributed by atoms with Gasteiger partial charge in [0, 0.05) is 23.0 Å². The Labute approximate surface area is 93.5 Å². The number of nitrogens with zero attached hydrogens (tertiary/aromatic N) is 3. The van der Waals surface area contributed by atoms with E-state index in [9.17, 15) is 0 Å². The van der Waals surface area contributed by atoms with Crippen LogP contribution in [0.1, 0.15) is 5.69 Å². The van der Waals surface area contributed by atoms with Gasteiger partial charge in [-0.15, -0.1) is 5.10 Å². The first-order valence-electron chi connectivity index (χ1n) is 3.63. The zero-order chi connectivity index (χ0) is 9.10. The highest BCUT2D eigenvalue weighted by Crippen LogP contribution is 2.27. The summed E-state index contributed by atoms with van der Waals surface area (Å²) in [6.07, 6.45) is 0. The average molecular weight is 252 g/mol. The Morgan fingerprint density at radius 1 is 1.54 bits per heavy atom. The van der Waals surface area contributed by atoms with Crippen molar-refractivity contribution >= 4 is 51.0 Å². The number of aliphatic imine (C=N–C) groups is 1. The molecule has 0 atom stereocenters. The van der Waals surface area contributed by atoms with Crippen LogP contribution in [-0.4, -0.2) is 26.3 Å². The monoisotopic (exact) mass is 251 g/mol. The van der Waals surface area contributed by atoms with E-state index in [4.69, 9.17) is 11.6 Å². The van der Waals surface area contributed by atoms with Crippen molar-refractivity contribution < 1.29 is 0 Å². The predicted molar refractivity (Wildman–Crippen MR) is 61.0 cm³/mol. The topological polar surface area (TPSA) is 38.1 Å². The summed E-state index contributed by atoms with van der Waals surface area (Å²) in [4.78, 5) is 4.32. The van der Waals surface area contributed by atoms with E-state index in [-0.39, 0.29) is 0 Å². The molecule has 0 aliphatic carbocycles. The van der Waals surface area contributed by atoms with E-state index in [0.717, 1.165) is 28.1 Å². The lowest BCUT2D eigenvalue weighted by atomic mass is 10.6. The van der Waals surface area contributed by atoms with E-state index in [2.05, 4.69) is 14.6 Å². The molecule has 2 heterocycles. The molecule has 2 rings (SSSR count). The van der Waals surface area contributed by atoms with Crippen LogP contribution in [-0.2, 0) is 5.75 Å². The Bertz CT molecular complexity index is 325. The first kappa shape index (κ1) is 9.76. The van der Waals surface area contributed by atoms with Crippen molar-refractivity contribution in [3.8, 4) is 0 Å². The quantitative estimate of drug-likeness (QED) is 0.810. The molecule has 0 spiro atoms. The summed E-state index contributed by atoms with van der Waals surface area (Å²) in [5.41, 5.74) is 0.867. The molecule has 0 unspecified atom stereocenters. The Morgan fingerprint density at radius 3 is 3.08 bits per heavy atom. The van der Waals surface area contributed by atoms with Crippen LogP contribution in [0.5, 0.6) is 0 Å². The second-order valence-electron chi connectivity index (χ2n) is 2.28. The second kappa shape index (κ2) is 4.63. The van der Waals surface area contributed by atoms with Crippen LogP contribution >= 0.6 is 46.7 Å². The molecule has 1 aromatic rings. The largest absolute Gasteiger partial charge is 0.271 e. The summed E-state index contributed by atoms with van der Waals surface area (Å²) in [5, 5.41) is 3.93. The molecule has 1 aliphatic heterocycles. The van der Waals surface area contributed by atoms with Gasteiger partial charge in [-0.3, -0.25) is 4.99 Å². The van der Waals surface area contributed by atoms with Crippen molar-refractivity contribution in [1.29, 1.82) is 0 Å². The third kappa shape index (κ3) is 2.59. The Balaban J connectivity index is 1.89. The van der Waals surface area contributed by atoms with Crippen molar-refractivity contribution in [3.05, 3.63) is 10.0 Å². The van der Waals surface area contributed by atoms with E-state index in [1.54, 1.807) is 23.5 Å². The minimum absolute atomic E-state index is 0.691. The van der Waals surface area contributed by atoms with Crippen molar-refractivity contribution in [1.82, 2.24) is 9.59 Å². The maximum atomic E-state index is 5.86. The van der Waals surface area contributed by atoms with Gasteiger partial charge in [0.2, 0.25) is 0 Å². The lowest BCUT2D eigenvalue weighted by Crippen LogP contribution is -1.85. The van der Waals surface area contributed by atoms with E-state index in [1.165, 1.54) is 11.5 Å². The molecular weight excluding hydrogens is 246 g/mol. The van der Waals surface area contributed by atoms with Gasteiger partial charge in [0.1, 0.15) is 14.4 Å². The molecule has 13 heavy (non-hydrogen) atoms. The minimum Gasteiger partial charge on any atom is -0.271 e. The second-order valence-corrected chi connectivity index (χ2v) is 5.94. The zero-order valence-corrected chi connectivity index (χ0v) is 9.77. The Kier molecular flexibility index (Phi) is 3.48. The number of hydrogen-bond acceptors (Lipinski definition) is 6. The highest BCUT2D eigenvalue weighted by Gasteiger charge is 2.11. The molecule has 7 heteroatoms. The van der Waals surface area contributed by atoms with Gasteiger partial charge in [-0.2, -0.15) is 0 Å². The third-order valence-electron chi connectivity index (χ3n) is 1.40. The van der Waals surface area contributed by atoms with Gasteiger partial charge in [0.25, 0.3) is 0 Å². The van der Waals surface area contributed by atoms with Crippen LogP contribution in [0.4, 0.5) is 0 Å². The van der Waals surface area contributed by atoms with Crippen LogP contribution < -0.4 is 0 Å². The Hall–Kier alpha value is 0.220. The number of hydrogen-bond donors (Lipinski definition) is 0. The SMILES string of the molecule is Clc1snnc1CSC1=NCCS1. The number of halogens is 1. The van der Waals surface area contributed by atoms with Crippen molar-refractivity contribution in [2.24, 2.45) is 4.99 Å². The molecule has 0 fully saturated rings. The van der Waals surface area contributed by atoms with Crippen molar-refractivity contribution in [2.75, 3.05) is 12.3 Å². The molecule has 1 aliphatic rings. The van der Waals surface area contributed by atoms with Crippen LogP contribution in [0.3, 0.4) is 0 Å². The first-order chi connectivity index (χ1) is 6.36. The molecule has 3 nitrogen and oxygen atoms in total. The number of thioether (sulfide) groups is 2. The zero-order valence-electron chi connectivity index (χ0n) is 6.57. The normalized spacial score (nSPS) is 16.2. The van der Waals surface area contributed by atoms with E-state index in [0.29, 0.717) is 4.34 Å². The van der Waals surface area contributed by atoms with Gasteiger partial charge in [-0.1, -0.05) is 39.6 Å². The molecule has 0 N–H and O–H groups in total. The van der Waals surface area contributed by atoms with Gasteiger partial charge >= 0.3 is 0 Å². The summed E-state index contributed by atoms with van der Waals surface area (Å²) >= 11 is 10.6. The highest BCUT2D eigenvalue weighted by atomic mass is 35.5. The fraction of sp³-hybridized carbons (Fsp3) is 0.500. The summed E-state index contributed by atoms with van der Waals surface area (Å²) in [7, 11) is 0. The van der Waals surface area contributed by atoms with E-state index >= 15 is 0 Å². The lowest BCUT2D eigenvalue weighted by molar-refractivity contribution is 1.08. The van der Waals surface area contributed by atoms with Gasteiger partial charge in [0.15, 0.2) is 0 Å². The summed E-state index contributed by atoms with van der Waals surface area (Å²) in [6, 6.07) is 0. The fourth-order valence-electron chi connectivity index (χ4n) is 0.816. The molecule has 0 radical (unpaired) electrons. The van der Waals surface area contributed by atoms with Gasteiger partial charge in [-0.05, 0) is 0 Å². The molecule has 0 saturated carbocycles. The molecular formula is C6H6ClN3S3. The third-order valence-corrected chi connectivity index (χ3v) is 4.65. The predicted octanol–water partition coefficient (Wildman–Crippen LogP) is 2.53. The van der Waals surface area contributed by atoms with Gasteiger partial charge in [0.05, 0.1) is 6.54 Å². The smallest absolute Gasteiger partial charge is 0.138 e. The maximum absolute atomic E-state index is 5.86. The molecule has 0 bridgehead atoms. The molecule has 0 aromatic carbocycles. The standard InChI is InChI=1S/C6H6ClN3S3/c7-5-4(9-10-13-5)3-12-6-8-1-2-11-6/h1-3H2. The number of aromatic nitrogens is 2. The van der Waals surface area contributed by atoms with Crippen molar-refractivity contribution in [3.63, 3.8) is 0 Å². The van der Waals surface area contributed by atoms with Crippen LogP contribution in [0.25, 0.3) is 0 Å². The molecule has 1 aromatic heterocycles. The number of rotatable bonds is 2. The van der Waals surface area contributed by atoms with Crippen LogP contribution in [0.2, 0.25) is 4.34 Å². The van der Waals surface area contributed by atoms with Crippen LogP contribution in [0.15, 0.2) is 4.99 Å². The highest BCUT2D eigenvalue weighted by molar-refractivity contribution is 8.38. The van der Waals surface area contributed by atoms with Gasteiger partial charge < -0.3 is 0 Å². The minimum atomic E-state index is 0.691. The molecule has 0 amide bonds. The van der Waals surface area contributed by atoms with E-state index in [1.807, 2.05) is 0 Å². The summed E-state index contributed by atoms with van der Waals surface area (Å²) in [5.74, 6) is 1.88. The lowest BCUT2D eigenvalue weighted by Gasteiger charge is -1.95. The maximum Gasteiger partial charge on any atom is 0.138 e. The van der Waals surface area contributed by atoms with Crippen LogP contribution in [0, 0.1) is 0 Å². The summed E-state index contributed by atoms with van der Waals surface area (Å²) in [6.45, 7) is 0.941. The van der Waals surface area contributed by atoms with Gasteiger partial charge in [-0.25, -0.2) is 0 Å². The first-order valence-corrected chi connectivity index (χ1v) is 6.75. The average Bonchev–Trinajstić information content (AvgIpc) is 2.72. The molecule has 0 saturated heterocycles.